The van der Waals surface area contributed by atoms with Crippen LogP contribution in [0.4, 0.5) is 0 Å². The van der Waals surface area contributed by atoms with Crippen molar-refractivity contribution in [1.29, 1.82) is 0 Å². The fourth-order valence-corrected chi connectivity index (χ4v) is 6.17. The van der Waals surface area contributed by atoms with E-state index in [0.29, 0.717) is 29.4 Å². The van der Waals surface area contributed by atoms with E-state index in [2.05, 4.69) is 0 Å². The topological polar surface area (TPSA) is 77.9 Å². The number of rotatable bonds is 9. The summed E-state index contributed by atoms with van der Waals surface area (Å²) in [5, 5.41) is 11.0. The van der Waals surface area contributed by atoms with Crippen molar-refractivity contribution in [2.45, 2.75) is 76.9 Å². The molecule has 2 aromatic rings. The smallest absolute Gasteiger partial charge is 0.304 e. The SMILES string of the molecule is CCC(CN(C(C)=O)C1CC1)N1C(=O)[C@@](C)(CC(=O)O)C[C@H](c2cccc(Cl)c2)[C@H]1c1ccc(Cl)cc1. The molecule has 2 aromatic carbocycles. The van der Waals surface area contributed by atoms with Gasteiger partial charge in [-0.2, -0.15) is 0 Å². The molecule has 1 N–H and O–H groups in total. The van der Waals surface area contributed by atoms with Gasteiger partial charge < -0.3 is 14.9 Å². The molecular formula is C29H34Cl2N2O4. The highest BCUT2D eigenvalue weighted by molar-refractivity contribution is 6.30. The Hall–Kier alpha value is -2.57. The van der Waals surface area contributed by atoms with Gasteiger partial charge in [-0.15, -0.1) is 0 Å². The summed E-state index contributed by atoms with van der Waals surface area (Å²) in [5.41, 5.74) is 0.747. The third-order valence-corrected chi connectivity index (χ3v) is 8.28. The molecular weight excluding hydrogens is 511 g/mol. The second-order valence-electron chi connectivity index (χ2n) is 10.7. The van der Waals surface area contributed by atoms with Crippen LogP contribution in [0.3, 0.4) is 0 Å². The quantitative estimate of drug-likeness (QED) is 0.400. The van der Waals surface area contributed by atoms with Crippen LogP contribution < -0.4 is 0 Å². The number of aliphatic carboxylic acids is 1. The minimum atomic E-state index is -1.12. The van der Waals surface area contributed by atoms with Gasteiger partial charge in [-0.3, -0.25) is 14.4 Å². The number of carbonyl (C=O) groups excluding carboxylic acids is 2. The molecule has 1 aliphatic carbocycles. The van der Waals surface area contributed by atoms with Gasteiger partial charge in [-0.05, 0) is 61.1 Å². The summed E-state index contributed by atoms with van der Waals surface area (Å²) in [6.07, 6.45) is 2.64. The maximum Gasteiger partial charge on any atom is 0.304 e. The molecule has 1 saturated carbocycles. The molecule has 6 nitrogen and oxygen atoms in total. The van der Waals surface area contributed by atoms with Crippen molar-refractivity contribution >= 4 is 41.0 Å². The first-order valence-electron chi connectivity index (χ1n) is 12.9. The molecule has 0 radical (unpaired) electrons. The van der Waals surface area contributed by atoms with Gasteiger partial charge >= 0.3 is 5.97 Å². The average Bonchev–Trinajstić information content (AvgIpc) is 3.67. The number of hydrogen-bond donors (Lipinski definition) is 1. The van der Waals surface area contributed by atoms with E-state index in [4.69, 9.17) is 23.2 Å². The van der Waals surface area contributed by atoms with Crippen molar-refractivity contribution in [2.75, 3.05) is 6.54 Å². The fourth-order valence-electron chi connectivity index (χ4n) is 5.84. The number of likely N-dealkylation sites (tertiary alicyclic amines) is 1. The van der Waals surface area contributed by atoms with Gasteiger partial charge in [-0.1, -0.05) is 61.3 Å². The third-order valence-electron chi connectivity index (χ3n) is 7.80. The lowest BCUT2D eigenvalue weighted by Crippen LogP contribution is -2.58. The summed E-state index contributed by atoms with van der Waals surface area (Å²) >= 11 is 12.6. The van der Waals surface area contributed by atoms with Crippen LogP contribution in [0.25, 0.3) is 0 Å². The summed E-state index contributed by atoms with van der Waals surface area (Å²) in [7, 11) is 0. The molecule has 0 bridgehead atoms. The largest absolute Gasteiger partial charge is 0.481 e. The summed E-state index contributed by atoms with van der Waals surface area (Å²) in [6, 6.07) is 14.6. The maximum absolute atomic E-state index is 14.3. The normalized spacial score (nSPS) is 24.6. The molecule has 0 aromatic heterocycles. The van der Waals surface area contributed by atoms with E-state index < -0.39 is 11.4 Å². The summed E-state index contributed by atoms with van der Waals surface area (Å²) in [4.78, 5) is 42.6. The molecule has 4 rings (SSSR count). The van der Waals surface area contributed by atoms with E-state index in [1.165, 1.54) is 0 Å². The van der Waals surface area contributed by atoms with Gasteiger partial charge in [0, 0.05) is 41.5 Å². The zero-order valence-corrected chi connectivity index (χ0v) is 23.0. The molecule has 2 amide bonds. The number of hydrogen-bond acceptors (Lipinski definition) is 3. The Morgan fingerprint density at radius 2 is 1.78 bits per heavy atom. The highest BCUT2D eigenvalue weighted by Gasteiger charge is 2.52. The van der Waals surface area contributed by atoms with E-state index >= 15 is 0 Å². The van der Waals surface area contributed by atoms with Crippen LogP contribution in [-0.4, -0.2) is 51.3 Å². The molecule has 2 aliphatic rings. The van der Waals surface area contributed by atoms with Crippen LogP contribution in [0.1, 0.15) is 76.0 Å². The Kier molecular flexibility index (Phi) is 8.20. The summed E-state index contributed by atoms with van der Waals surface area (Å²) in [6.45, 7) is 5.75. The number of amides is 2. The Morgan fingerprint density at radius 3 is 2.32 bits per heavy atom. The van der Waals surface area contributed by atoms with Crippen molar-refractivity contribution in [2.24, 2.45) is 5.41 Å². The van der Waals surface area contributed by atoms with Gasteiger partial charge in [0.2, 0.25) is 11.8 Å². The summed E-state index contributed by atoms with van der Waals surface area (Å²) in [5.74, 6) is -1.42. The van der Waals surface area contributed by atoms with Crippen molar-refractivity contribution in [3.63, 3.8) is 0 Å². The van der Waals surface area contributed by atoms with Gasteiger partial charge in [-0.25, -0.2) is 0 Å². The lowest BCUT2D eigenvalue weighted by Gasteiger charge is -2.52. The van der Waals surface area contributed by atoms with Crippen molar-refractivity contribution < 1.29 is 19.5 Å². The van der Waals surface area contributed by atoms with Crippen LogP contribution >= 0.6 is 23.2 Å². The monoisotopic (exact) mass is 544 g/mol. The van der Waals surface area contributed by atoms with E-state index in [0.717, 1.165) is 24.0 Å². The van der Waals surface area contributed by atoms with Crippen molar-refractivity contribution in [3.8, 4) is 0 Å². The lowest BCUT2D eigenvalue weighted by atomic mass is 9.67. The molecule has 4 atom stereocenters. The number of piperidine rings is 1. The van der Waals surface area contributed by atoms with Gasteiger partial charge in [0.25, 0.3) is 0 Å². The summed E-state index contributed by atoms with van der Waals surface area (Å²) < 4.78 is 0. The Balaban J connectivity index is 1.87. The molecule has 1 heterocycles. The van der Waals surface area contributed by atoms with E-state index in [9.17, 15) is 19.5 Å². The van der Waals surface area contributed by atoms with Crippen LogP contribution in [0.5, 0.6) is 0 Å². The highest BCUT2D eigenvalue weighted by Crippen LogP contribution is 2.52. The zero-order valence-electron chi connectivity index (χ0n) is 21.5. The van der Waals surface area contributed by atoms with E-state index in [1.807, 2.05) is 59.2 Å². The number of carboxylic acid groups (broad SMARTS) is 1. The molecule has 1 aliphatic heterocycles. The third kappa shape index (κ3) is 5.96. The molecule has 0 spiro atoms. The molecule has 198 valence electrons. The minimum absolute atomic E-state index is 0.00635. The first kappa shape index (κ1) is 27.5. The predicted molar refractivity (Wildman–Crippen MR) is 145 cm³/mol. The molecule has 1 saturated heterocycles. The molecule has 1 unspecified atom stereocenters. The highest BCUT2D eigenvalue weighted by atomic mass is 35.5. The van der Waals surface area contributed by atoms with Gasteiger partial charge in [0.1, 0.15) is 0 Å². The second-order valence-corrected chi connectivity index (χ2v) is 11.5. The lowest BCUT2D eigenvalue weighted by molar-refractivity contribution is -0.161. The average molecular weight is 546 g/mol. The standard InChI is InChI=1S/C29H34Cl2N2O4/c1-4-23(17-32(18(2)34)24-12-13-24)33-27(19-8-10-21(30)11-9-19)25(20-6-5-7-22(31)14-20)15-29(3,28(33)37)16-26(35)36/h5-11,14,23-25,27H,4,12-13,15-17H2,1-3H3,(H,35,36)/t23?,25-,27-,29-/m1/s1. The number of carboxylic acids is 1. The maximum atomic E-state index is 14.3. The molecule has 2 fully saturated rings. The number of benzene rings is 2. The Labute approximate surface area is 228 Å². The minimum Gasteiger partial charge on any atom is -0.481 e. The van der Waals surface area contributed by atoms with E-state index in [1.54, 1.807) is 19.9 Å². The number of carbonyl (C=O) groups is 3. The van der Waals surface area contributed by atoms with Gasteiger partial charge in [0.15, 0.2) is 0 Å². The first-order valence-corrected chi connectivity index (χ1v) is 13.6. The van der Waals surface area contributed by atoms with E-state index in [-0.39, 0.29) is 42.3 Å². The van der Waals surface area contributed by atoms with Crippen LogP contribution in [-0.2, 0) is 14.4 Å². The second kappa shape index (κ2) is 11.0. The van der Waals surface area contributed by atoms with Gasteiger partial charge in [0.05, 0.1) is 17.9 Å². The Bertz CT molecular complexity index is 1170. The zero-order chi connectivity index (χ0) is 26.9. The van der Waals surface area contributed by atoms with Crippen molar-refractivity contribution in [1.82, 2.24) is 9.80 Å². The predicted octanol–water partition coefficient (Wildman–Crippen LogP) is 6.32. The first-order chi connectivity index (χ1) is 17.5. The number of nitrogens with zero attached hydrogens (tertiary/aromatic N) is 2. The Morgan fingerprint density at radius 1 is 1.11 bits per heavy atom. The fraction of sp³-hybridized carbons (Fsp3) is 0.483. The van der Waals surface area contributed by atoms with Crippen molar-refractivity contribution in [3.05, 3.63) is 69.7 Å². The van der Waals surface area contributed by atoms with Crippen LogP contribution in [0, 0.1) is 5.41 Å². The number of halogens is 2. The molecule has 37 heavy (non-hydrogen) atoms. The van der Waals surface area contributed by atoms with Crippen LogP contribution in [0.2, 0.25) is 10.0 Å². The van der Waals surface area contributed by atoms with Crippen LogP contribution in [0.15, 0.2) is 48.5 Å². The molecule has 8 heteroatoms.